The van der Waals surface area contributed by atoms with Crippen LogP contribution in [0, 0.1) is 11.6 Å². The van der Waals surface area contributed by atoms with E-state index in [2.05, 4.69) is 4.99 Å². The quantitative estimate of drug-likeness (QED) is 0.746. The third kappa shape index (κ3) is 1.78. The van der Waals surface area contributed by atoms with Crippen molar-refractivity contribution < 1.29 is 8.78 Å². The van der Waals surface area contributed by atoms with Gasteiger partial charge in [0.2, 0.25) is 0 Å². The van der Waals surface area contributed by atoms with Gasteiger partial charge in [-0.25, -0.2) is 8.78 Å². The zero-order chi connectivity index (χ0) is 12.7. The minimum Gasteiger partial charge on any atom is -0.282 e. The van der Waals surface area contributed by atoms with Gasteiger partial charge in [-0.15, -0.1) is 0 Å². The van der Waals surface area contributed by atoms with E-state index in [0.717, 1.165) is 12.1 Å². The van der Waals surface area contributed by atoms with Crippen molar-refractivity contribution in [2.24, 2.45) is 4.99 Å². The first-order valence-corrected chi connectivity index (χ1v) is 6.18. The lowest BCUT2D eigenvalue weighted by atomic mass is 10.2. The van der Waals surface area contributed by atoms with Crippen molar-refractivity contribution in [3.8, 4) is 0 Å². The molecule has 0 N–H and O–H groups in total. The molecule has 6 heteroatoms. The van der Waals surface area contributed by atoms with E-state index in [1.807, 2.05) is 0 Å². The molecule has 0 saturated carbocycles. The number of hydrogen-bond acceptors (Lipinski definition) is 3. The summed E-state index contributed by atoms with van der Waals surface area (Å²) < 4.78 is 27.9. The van der Waals surface area contributed by atoms with Gasteiger partial charge in [0.05, 0.1) is 11.1 Å². The molecule has 3 rings (SSSR count). The van der Waals surface area contributed by atoms with Crippen LogP contribution in [-0.4, -0.2) is 11.1 Å². The summed E-state index contributed by atoms with van der Waals surface area (Å²) in [6.45, 7) is 1.23. The molecule has 1 aromatic carbocycles. The Hall–Kier alpha value is -1.82. The molecule has 0 aliphatic carbocycles. The van der Waals surface area contributed by atoms with Crippen LogP contribution in [0.4, 0.5) is 8.78 Å². The molecule has 2 aromatic rings. The summed E-state index contributed by atoms with van der Waals surface area (Å²) in [4.78, 5) is 16.8. The van der Waals surface area contributed by atoms with Crippen LogP contribution in [0.25, 0.3) is 6.08 Å². The van der Waals surface area contributed by atoms with E-state index in [1.54, 1.807) is 10.6 Å². The Labute approximate surface area is 104 Å². The predicted octanol–water partition coefficient (Wildman–Crippen LogP) is 0.650. The molecule has 1 aromatic heterocycles. The molecule has 0 amide bonds. The second-order valence-corrected chi connectivity index (χ2v) is 4.91. The van der Waals surface area contributed by atoms with E-state index >= 15 is 0 Å². The maximum absolute atomic E-state index is 13.1. The van der Waals surface area contributed by atoms with E-state index in [4.69, 9.17) is 0 Å². The fourth-order valence-corrected chi connectivity index (χ4v) is 2.85. The Bertz CT molecular complexity index is 791. The largest absolute Gasteiger partial charge is 0.282 e. The highest BCUT2D eigenvalue weighted by Gasteiger charge is 2.09. The highest BCUT2D eigenvalue weighted by molar-refractivity contribution is 7.07. The number of halogens is 2. The molecule has 0 fully saturated rings. The lowest BCUT2D eigenvalue weighted by Crippen LogP contribution is -2.29. The smallest absolute Gasteiger partial charge is 0.270 e. The lowest BCUT2D eigenvalue weighted by molar-refractivity contribution is 0.508. The highest BCUT2D eigenvalue weighted by atomic mass is 32.1. The number of thiazole rings is 1. The highest BCUT2D eigenvalue weighted by Crippen LogP contribution is 2.08. The fraction of sp³-hybridized carbons (Fsp3) is 0.167. The Balaban J connectivity index is 2.18. The van der Waals surface area contributed by atoms with Crippen LogP contribution < -0.4 is 14.9 Å². The first kappa shape index (κ1) is 11.3. The summed E-state index contributed by atoms with van der Waals surface area (Å²) >= 11 is 1.27. The van der Waals surface area contributed by atoms with Crippen molar-refractivity contribution >= 4 is 17.4 Å². The molecule has 3 nitrogen and oxygen atoms in total. The van der Waals surface area contributed by atoms with Crippen LogP contribution >= 0.6 is 11.3 Å². The molecular formula is C12H8F2N2OS. The van der Waals surface area contributed by atoms with Crippen molar-refractivity contribution in [2.75, 3.05) is 6.54 Å². The molecule has 0 saturated heterocycles. The first-order valence-electron chi connectivity index (χ1n) is 5.36. The summed E-state index contributed by atoms with van der Waals surface area (Å²) in [6.07, 6.45) is 1.55. The number of rotatable bonds is 1. The van der Waals surface area contributed by atoms with Crippen LogP contribution in [0.3, 0.4) is 0 Å². The van der Waals surface area contributed by atoms with E-state index in [1.165, 1.54) is 17.4 Å². The molecular weight excluding hydrogens is 258 g/mol. The number of fused-ring (bicyclic) bond motifs is 1. The van der Waals surface area contributed by atoms with Crippen molar-refractivity contribution in [3.63, 3.8) is 0 Å². The Morgan fingerprint density at radius 1 is 1.33 bits per heavy atom. The Kier molecular flexibility index (Phi) is 2.59. The SMILES string of the molecule is O=c1/c(=C\c2ccc(F)c(F)c2)sc2n1CCN=2. The Morgan fingerprint density at radius 2 is 2.17 bits per heavy atom. The van der Waals surface area contributed by atoms with Gasteiger partial charge in [0.25, 0.3) is 5.56 Å². The molecule has 0 bridgehead atoms. The average Bonchev–Trinajstić information content (AvgIpc) is 2.89. The minimum atomic E-state index is -0.919. The van der Waals surface area contributed by atoms with E-state index < -0.39 is 11.6 Å². The topological polar surface area (TPSA) is 34.4 Å². The average molecular weight is 266 g/mol. The standard InChI is InChI=1S/C12H8F2N2OS/c13-8-2-1-7(5-9(8)14)6-10-11(17)16-4-3-15-12(16)18-10/h1-2,5-6H,3-4H2/b10-6+. The summed E-state index contributed by atoms with van der Waals surface area (Å²) in [5.74, 6) is -1.81. The second kappa shape index (κ2) is 4.13. The van der Waals surface area contributed by atoms with E-state index in [-0.39, 0.29) is 5.56 Å². The van der Waals surface area contributed by atoms with Gasteiger partial charge in [-0.1, -0.05) is 17.4 Å². The van der Waals surface area contributed by atoms with Gasteiger partial charge >= 0.3 is 0 Å². The van der Waals surface area contributed by atoms with E-state index in [9.17, 15) is 13.6 Å². The molecule has 0 atom stereocenters. The molecule has 92 valence electrons. The molecule has 2 heterocycles. The number of benzene rings is 1. The van der Waals surface area contributed by atoms with Gasteiger partial charge in [0.15, 0.2) is 16.4 Å². The van der Waals surface area contributed by atoms with Crippen molar-refractivity contribution in [1.29, 1.82) is 0 Å². The third-order valence-electron chi connectivity index (χ3n) is 2.70. The lowest BCUT2D eigenvalue weighted by Gasteiger charge is -1.94. The van der Waals surface area contributed by atoms with Crippen LogP contribution in [-0.2, 0) is 6.54 Å². The summed E-state index contributed by atoms with van der Waals surface area (Å²) in [5.41, 5.74) is 0.340. The van der Waals surface area contributed by atoms with Gasteiger partial charge in [0, 0.05) is 6.54 Å². The van der Waals surface area contributed by atoms with Gasteiger partial charge in [-0.05, 0) is 23.8 Å². The monoisotopic (exact) mass is 266 g/mol. The molecule has 0 spiro atoms. The Morgan fingerprint density at radius 3 is 2.89 bits per heavy atom. The van der Waals surface area contributed by atoms with Crippen molar-refractivity contribution in [2.45, 2.75) is 6.54 Å². The van der Waals surface area contributed by atoms with Crippen LogP contribution in [0.5, 0.6) is 0 Å². The molecule has 18 heavy (non-hydrogen) atoms. The summed E-state index contributed by atoms with van der Waals surface area (Å²) in [6, 6.07) is 3.55. The van der Waals surface area contributed by atoms with Crippen LogP contribution in [0.2, 0.25) is 0 Å². The molecule has 1 aliphatic heterocycles. The van der Waals surface area contributed by atoms with E-state index in [0.29, 0.717) is 28.0 Å². The molecule has 1 aliphatic rings. The van der Waals surface area contributed by atoms with Crippen LogP contribution in [0.15, 0.2) is 28.0 Å². The van der Waals surface area contributed by atoms with Crippen molar-refractivity contribution in [3.05, 3.63) is 55.1 Å². The van der Waals surface area contributed by atoms with Crippen LogP contribution in [0.1, 0.15) is 5.56 Å². The number of hydrogen-bond donors (Lipinski definition) is 0. The summed E-state index contributed by atoms with van der Waals surface area (Å²) in [7, 11) is 0. The molecule has 0 radical (unpaired) electrons. The van der Waals surface area contributed by atoms with Gasteiger partial charge in [0.1, 0.15) is 0 Å². The zero-order valence-electron chi connectivity index (χ0n) is 9.19. The van der Waals surface area contributed by atoms with Gasteiger partial charge in [-0.2, -0.15) is 0 Å². The fourth-order valence-electron chi connectivity index (χ4n) is 1.82. The molecule has 0 unspecified atom stereocenters. The third-order valence-corrected chi connectivity index (χ3v) is 3.74. The first-order chi connectivity index (χ1) is 8.65. The normalized spacial score (nSPS) is 14.7. The maximum Gasteiger partial charge on any atom is 0.270 e. The second-order valence-electron chi connectivity index (χ2n) is 3.91. The zero-order valence-corrected chi connectivity index (χ0v) is 10.0. The van der Waals surface area contributed by atoms with Gasteiger partial charge in [-0.3, -0.25) is 14.4 Å². The van der Waals surface area contributed by atoms with Crippen molar-refractivity contribution in [1.82, 2.24) is 4.57 Å². The number of nitrogens with zero attached hydrogens (tertiary/aromatic N) is 2. The number of aromatic nitrogens is 1. The minimum absolute atomic E-state index is 0.124. The maximum atomic E-state index is 13.1. The summed E-state index contributed by atoms with van der Waals surface area (Å²) in [5, 5.41) is 0. The van der Waals surface area contributed by atoms with Gasteiger partial charge < -0.3 is 0 Å². The predicted molar refractivity (Wildman–Crippen MR) is 64.2 cm³/mol.